The van der Waals surface area contributed by atoms with E-state index >= 15 is 0 Å². The molecule has 1 aromatic rings. The fraction of sp³-hybridized carbons (Fsp3) is 0.636. The molecule has 0 amide bonds. The Hall–Kier alpha value is -1.46. The molecule has 0 aliphatic heterocycles. The van der Waals surface area contributed by atoms with Crippen LogP contribution in [0.15, 0.2) is 18.2 Å². The van der Waals surface area contributed by atoms with Gasteiger partial charge in [-0.15, -0.1) is 6.42 Å². The van der Waals surface area contributed by atoms with Crippen molar-refractivity contribution >= 4 is 0 Å². The summed E-state index contributed by atoms with van der Waals surface area (Å²) in [5.74, 6) is 6.05. The average molecular weight is 324 g/mol. The fourth-order valence-electron chi connectivity index (χ4n) is 6.48. The molecule has 24 heavy (non-hydrogen) atoms. The van der Waals surface area contributed by atoms with Gasteiger partial charge in [-0.2, -0.15) is 0 Å². The zero-order valence-corrected chi connectivity index (χ0v) is 15.0. The highest BCUT2D eigenvalue weighted by Crippen LogP contribution is 2.65. The molecule has 0 heterocycles. The summed E-state index contributed by atoms with van der Waals surface area (Å²) in [6.07, 6.45) is 10.9. The predicted octanol–water partition coefficient (Wildman–Crippen LogP) is 4.16. The number of benzene rings is 1. The summed E-state index contributed by atoms with van der Waals surface area (Å²) in [7, 11) is 1.74. The van der Waals surface area contributed by atoms with E-state index in [0.717, 1.165) is 31.4 Å². The van der Waals surface area contributed by atoms with E-state index in [1.807, 2.05) is 0 Å². The first-order valence-corrected chi connectivity index (χ1v) is 9.30. The minimum Gasteiger partial charge on any atom is -0.497 e. The Morgan fingerprint density at radius 3 is 2.83 bits per heavy atom. The molecule has 0 bridgehead atoms. The molecule has 3 aliphatic rings. The van der Waals surface area contributed by atoms with Crippen LogP contribution >= 0.6 is 0 Å². The van der Waals surface area contributed by atoms with Gasteiger partial charge in [0, 0.05) is 5.41 Å². The average Bonchev–Trinajstić information content (AvgIpc) is 2.85. The standard InChI is InChI=1S/C22H28O2/c1-5-22(23)11-10-19-18-8-6-15-12-16(24-4)7-9-17(15)20(18)14(2)13-21(19,22)3/h1,7,9,12,14,18-20,23H,6,8,10-11,13H2,2-4H3/t14-,18+,19-,20-,21-,22-/m0/s1. The molecule has 128 valence electrons. The minimum atomic E-state index is -0.920. The number of terminal acetylenes is 1. The molecule has 2 saturated carbocycles. The molecule has 1 aromatic carbocycles. The maximum absolute atomic E-state index is 11.1. The van der Waals surface area contributed by atoms with E-state index in [1.54, 1.807) is 7.11 Å². The summed E-state index contributed by atoms with van der Waals surface area (Å²) >= 11 is 0. The number of fused-ring (bicyclic) bond motifs is 5. The molecular weight excluding hydrogens is 296 g/mol. The second-order valence-corrected chi connectivity index (χ2v) is 8.54. The second-order valence-electron chi connectivity index (χ2n) is 8.54. The molecule has 2 nitrogen and oxygen atoms in total. The van der Waals surface area contributed by atoms with Gasteiger partial charge < -0.3 is 9.84 Å². The first-order valence-electron chi connectivity index (χ1n) is 9.30. The van der Waals surface area contributed by atoms with Gasteiger partial charge >= 0.3 is 0 Å². The van der Waals surface area contributed by atoms with Crippen LogP contribution in [0.3, 0.4) is 0 Å². The highest BCUT2D eigenvalue weighted by Gasteiger charge is 2.62. The van der Waals surface area contributed by atoms with Gasteiger partial charge in [0.25, 0.3) is 0 Å². The molecule has 0 unspecified atom stereocenters. The Bertz CT molecular complexity index is 702. The Kier molecular flexibility index (Phi) is 3.52. The van der Waals surface area contributed by atoms with Crippen molar-refractivity contribution in [2.24, 2.45) is 23.2 Å². The largest absolute Gasteiger partial charge is 0.497 e. The van der Waals surface area contributed by atoms with E-state index in [1.165, 1.54) is 17.5 Å². The van der Waals surface area contributed by atoms with Gasteiger partial charge in [0.1, 0.15) is 11.4 Å². The smallest absolute Gasteiger partial charge is 0.130 e. The lowest BCUT2D eigenvalue weighted by molar-refractivity contribution is -0.0811. The van der Waals surface area contributed by atoms with E-state index in [0.29, 0.717) is 23.7 Å². The summed E-state index contributed by atoms with van der Waals surface area (Å²) in [5, 5.41) is 11.1. The third kappa shape index (κ3) is 1.94. The molecule has 4 rings (SSSR count). The van der Waals surface area contributed by atoms with Crippen LogP contribution in [0.5, 0.6) is 5.75 Å². The third-order valence-electron chi connectivity index (χ3n) is 7.61. The number of hydrogen-bond acceptors (Lipinski definition) is 2. The number of methoxy groups -OCH3 is 1. The van der Waals surface area contributed by atoms with E-state index < -0.39 is 5.60 Å². The normalized spacial score (nSPS) is 43.3. The Labute approximate surface area is 145 Å². The highest BCUT2D eigenvalue weighted by atomic mass is 16.5. The van der Waals surface area contributed by atoms with E-state index in [2.05, 4.69) is 38.0 Å². The van der Waals surface area contributed by atoms with Gasteiger partial charge in [-0.25, -0.2) is 0 Å². The molecular formula is C22H28O2. The minimum absolute atomic E-state index is 0.133. The van der Waals surface area contributed by atoms with Crippen molar-refractivity contribution < 1.29 is 9.84 Å². The summed E-state index contributed by atoms with van der Waals surface area (Å²) < 4.78 is 5.42. The molecule has 2 fully saturated rings. The van der Waals surface area contributed by atoms with Crippen LogP contribution in [0, 0.1) is 35.5 Å². The number of ether oxygens (including phenoxy) is 1. The van der Waals surface area contributed by atoms with Crippen LogP contribution in [-0.2, 0) is 6.42 Å². The lowest BCUT2D eigenvalue weighted by atomic mass is 9.50. The molecule has 1 N–H and O–H groups in total. The number of aryl methyl sites for hydroxylation is 1. The highest BCUT2D eigenvalue weighted by molar-refractivity contribution is 5.41. The van der Waals surface area contributed by atoms with Crippen LogP contribution in [0.25, 0.3) is 0 Å². The van der Waals surface area contributed by atoms with Crippen LogP contribution in [-0.4, -0.2) is 17.8 Å². The Morgan fingerprint density at radius 1 is 1.33 bits per heavy atom. The molecule has 2 heteroatoms. The number of rotatable bonds is 1. The van der Waals surface area contributed by atoms with Crippen molar-refractivity contribution in [1.82, 2.24) is 0 Å². The summed E-state index contributed by atoms with van der Waals surface area (Å²) in [6, 6.07) is 6.61. The Balaban J connectivity index is 1.75. The van der Waals surface area contributed by atoms with Crippen LogP contribution in [0.1, 0.15) is 56.6 Å². The summed E-state index contributed by atoms with van der Waals surface area (Å²) in [5.41, 5.74) is 1.91. The molecule has 3 aliphatic carbocycles. The van der Waals surface area contributed by atoms with Gasteiger partial charge in [-0.1, -0.05) is 25.8 Å². The summed E-state index contributed by atoms with van der Waals surface area (Å²) in [6.45, 7) is 4.61. The summed E-state index contributed by atoms with van der Waals surface area (Å²) in [4.78, 5) is 0. The number of aliphatic hydroxyl groups is 1. The van der Waals surface area contributed by atoms with Gasteiger partial charge in [0.05, 0.1) is 7.11 Å². The second kappa shape index (κ2) is 5.27. The topological polar surface area (TPSA) is 29.5 Å². The lowest BCUT2D eigenvalue weighted by Gasteiger charge is -2.54. The fourth-order valence-corrected chi connectivity index (χ4v) is 6.48. The monoisotopic (exact) mass is 324 g/mol. The zero-order chi connectivity index (χ0) is 17.1. The van der Waals surface area contributed by atoms with Crippen LogP contribution in [0.2, 0.25) is 0 Å². The van der Waals surface area contributed by atoms with Crippen LogP contribution in [0.4, 0.5) is 0 Å². The van der Waals surface area contributed by atoms with Crippen LogP contribution < -0.4 is 4.74 Å². The molecule has 0 saturated heterocycles. The molecule has 0 radical (unpaired) electrons. The maximum atomic E-state index is 11.1. The maximum Gasteiger partial charge on any atom is 0.130 e. The van der Waals surface area contributed by atoms with Crippen molar-refractivity contribution in [3.05, 3.63) is 29.3 Å². The van der Waals surface area contributed by atoms with Crippen molar-refractivity contribution in [3.8, 4) is 18.1 Å². The molecule has 6 atom stereocenters. The van der Waals surface area contributed by atoms with Gasteiger partial charge in [-0.05, 0) is 79.0 Å². The SMILES string of the molecule is C#C[C@]1(O)CC[C@H]2[C@H]3CCc4cc(OC)ccc4[C@@H]3[C@@H](C)C[C@@]21C. The van der Waals surface area contributed by atoms with Crippen molar-refractivity contribution in [2.75, 3.05) is 7.11 Å². The van der Waals surface area contributed by atoms with Gasteiger partial charge in [-0.3, -0.25) is 0 Å². The van der Waals surface area contributed by atoms with Crippen molar-refractivity contribution in [2.45, 2.75) is 57.5 Å². The third-order valence-corrected chi connectivity index (χ3v) is 7.61. The van der Waals surface area contributed by atoms with E-state index in [9.17, 15) is 5.11 Å². The molecule has 0 spiro atoms. The quantitative estimate of drug-likeness (QED) is 0.786. The first-order chi connectivity index (χ1) is 11.4. The number of hydrogen-bond donors (Lipinski definition) is 1. The molecule has 0 aromatic heterocycles. The predicted molar refractivity (Wildman–Crippen MR) is 95.9 cm³/mol. The zero-order valence-electron chi connectivity index (χ0n) is 15.0. The van der Waals surface area contributed by atoms with Gasteiger partial charge in [0.15, 0.2) is 0 Å². The van der Waals surface area contributed by atoms with E-state index in [-0.39, 0.29) is 5.41 Å². The van der Waals surface area contributed by atoms with E-state index in [4.69, 9.17) is 11.2 Å². The Morgan fingerprint density at radius 2 is 2.12 bits per heavy atom. The van der Waals surface area contributed by atoms with Gasteiger partial charge in [0.2, 0.25) is 0 Å². The van der Waals surface area contributed by atoms with Crippen molar-refractivity contribution in [3.63, 3.8) is 0 Å². The lowest BCUT2D eigenvalue weighted by Crippen LogP contribution is -2.52. The first kappa shape index (κ1) is 16.0. The van der Waals surface area contributed by atoms with Crippen molar-refractivity contribution in [1.29, 1.82) is 0 Å².